The summed E-state index contributed by atoms with van der Waals surface area (Å²) in [6.07, 6.45) is 2.35. The molecule has 0 aliphatic carbocycles. The third kappa shape index (κ3) is 5.70. The predicted molar refractivity (Wildman–Crippen MR) is 44.9 cm³/mol. The van der Waals surface area contributed by atoms with Crippen LogP contribution in [0.25, 0.3) is 0 Å². The van der Waals surface area contributed by atoms with E-state index in [-0.39, 0.29) is 6.10 Å². The molecule has 0 heterocycles. The summed E-state index contributed by atoms with van der Waals surface area (Å²) in [5.74, 6) is 0. The second-order valence-electron chi connectivity index (χ2n) is 2.56. The molecule has 0 fully saturated rings. The molecule has 0 aliphatic rings. The van der Waals surface area contributed by atoms with Crippen LogP contribution in [0.3, 0.4) is 0 Å². The van der Waals surface area contributed by atoms with Crippen LogP contribution in [0.2, 0.25) is 0 Å². The lowest BCUT2D eigenvalue weighted by Gasteiger charge is -2.11. The number of alkyl carbamates (subject to hydrolysis) is 1. The van der Waals surface area contributed by atoms with Crippen molar-refractivity contribution >= 4 is 12.4 Å². The summed E-state index contributed by atoms with van der Waals surface area (Å²) in [6.45, 7) is 1.81. The highest BCUT2D eigenvalue weighted by molar-refractivity contribution is 5.66. The molecular weight excluding hydrogens is 158 g/mol. The summed E-state index contributed by atoms with van der Waals surface area (Å²) in [5.41, 5.74) is 0. The molecule has 1 unspecified atom stereocenters. The molecule has 0 spiro atoms. The van der Waals surface area contributed by atoms with E-state index in [0.717, 1.165) is 19.1 Å². The minimum absolute atomic E-state index is 0.120. The maximum atomic E-state index is 10.7. The number of aldehydes is 1. The second-order valence-corrected chi connectivity index (χ2v) is 2.56. The molecule has 12 heavy (non-hydrogen) atoms. The summed E-state index contributed by atoms with van der Waals surface area (Å²) in [6, 6.07) is 0. The summed E-state index contributed by atoms with van der Waals surface area (Å²) in [7, 11) is 1.51. The summed E-state index contributed by atoms with van der Waals surface area (Å²) in [4.78, 5) is 20.6. The Morgan fingerprint density at radius 3 is 2.83 bits per heavy atom. The van der Waals surface area contributed by atoms with Crippen LogP contribution in [0.4, 0.5) is 4.79 Å². The van der Waals surface area contributed by atoms with Gasteiger partial charge in [0.2, 0.25) is 0 Å². The first-order valence-electron chi connectivity index (χ1n) is 4.02. The number of rotatable bonds is 5. The summed E-state index contributed by atoms with van der Waals surface area (Å²) >= 11 is 0. The average Bonchev–Trinajstić information content (AvgIpc) is 2.05. The first-order valence-corrected chi connectivity index (χ1v) is 4.02. The second kappa shape index (κ2) is 6.64. The van der Waals surface area contributed by atoms with Crippen molar-refractivity contribution in [3.63, 3.8) is 0 Å². The number of carbonyl (C=O) groups is 2. The lowest BCUT2D eigenvalue weighted by atomic mass is 10.2. The van der Waals surface area contributed by atoms with Crippen molar-refractivity contribution in [3.8, 4) is 0 Å². The van der Waals surface area contributed by atoms with E-state index in [1.54, 1.807) is 6.92 Å². The molecule has 1 amide bonds. The van der Waals surface area contributed by atoms with E-state index >= 15 is 0 Å². The molecule has 4 heteroatoms. The van der Waals surface area contributed by atoms with Crippen LogP contribution < -0.4 is 5.32 Å². The largest absolute Gasteiger partial charge is 0.447 e. The van der Waals surface area contributed by atoms with E-state index in [1.807, 2.05) is 0 Å². The van der Waals surface area contributed by atoms with Crippen LogP contribution in [0.15, 0.2) is 0 Å². The van der Waals surface area contributed by atoms with Gasteiger partial charge in [-0.25, -0.2) is 4.79 Å². The first kappa shape index (κ1) is 10.9. The number of hydrogen-bond acceptors (Lipinski definition) is 3. The van der Waals surface area contributed by atoms with E-state index < -0.39 is 6.09 Å². The maximum absolute atomic E-state index is 10.7. The number of hydrogen-bond donors (Lipinski definition) is 1. The fraction of sp³-hybridized carbons (Fsp3) is 0.750. The molecule has 0 aromatic carbocycles. The zero-order valence-corrected chi connectivity index (χ0v) is 7.50. The zero-order chi connectivity index (χ0) is 9.40. The molecule has 70 valence electrons. The third-order valence-corrected chi connectivity index (χ3v) is 1.44. The Balaban J connectivity index is 3.38. The molecule has 0 rings (SSSR count). The molecule has 0 saturated heterocycles. The van der Waals surface area contributed by atoms with Gasteiger partial charge in [-0.15, -0.1) is 0 Å². The Hall–Kier alpha value is -1.06. The van der Waals surface area contributed by atoms with Gasteiger partial charge in [0.05, 0.1) is 0 Å². The van der Waals surface area contributed by atoms with Crippen LogP contribution in [-0.4, -0.2) is 25.5 Å². The van der Waals surface area contributed by atoms with Crippen molar-refractivity contribution in [2.45, 2.75) is 32.3 Å². The van der Waals surface area contributed by atoms with Crippen LogP contribution in [0, 0.1) is 0 Å². The van der Waals surface area contributed by atoms with Crippen molar-refractivity contribution < 1.29 is 14.3 Å². The topological polar surface area (TPSA) is 55.4 Å². The monoisotopic (exact) mass is 173 g/mol. The van der Waals surface area contributed by atoms with E-state index in [9.17, 15) is 9.59 Å². The maximum Gasteiger partial charge on any atom is 0.407 e. The molecule has 1 N–H and O–H groups in total. The van der Waals surface area contributed by atoms with Crippen LogP contribution in [0.5, 0.6) is 0 Å². The van der Waals surface area contributed by atoms with Gasteiger partial charge in [-0.3, -0.25) is 0 Å². The number of carbonyl (C=O) groups excluding carboxylic acids is 2. The normalized spacial score (nSPS) is 11.8. The SMILES string of the molecule is CNC(=O)OC(C)CCCC=O. The number of nitrogens with one attached hydrogen (secondary N) is 1. The van der Waals surface area contributed by atoms with E-state index in [1.165, 1.54) is 7.05 Å². The van der Waals surface area contributed by atoms with Gasteiger partial charge in [0.15, 0.2) is 0 Å². The number of amides is 1. The van der Waals surface area contributed by atoms with Crippen LogP contribution in [-0.2, 0) is 9.53 Å². The van der Waals surface area contributed by atoms with E-state index in [4.69, 9.17) is 4.74 Å². The van der Waals surface area contributed by atoms with Gasteiger partial charge in [0, 0.05) is 13.5 Å². The van der Waals surface area contributed by atoms with Crippen LogP contribution in [0.1, 0.15) is 26.2 Å². The highest BCUT2D eigenvalue weighted by Gasteiger charge is 2.05. The van der Waals surface area contributed by atoms with Crippen LogP contribution >= 0.6 is 0 Å². The zero-order valence-electron chi connectivity index (χ0n) is 7.50. The molecule has 0 radical (unpaired) electrons. The molecule has 0 saturated carbocycles. The molecular formula is C8H15NO3. The minimum Gasteiger partial charge on any atom is -0.447 e. The number of unbranched alkanes of at least 4 members (excludes halogenated alkanes) is 1. The highest BCUT2D eigenvalue weighted by atomic mass is 16.6. The van der Waals surface area contributed by atoms with E-state index in [2.05, 4.69) is 5.32 Å². The Bertz CT molecular complexity index is 147. The summed E-state index contributed by atoms with van der Waals surface area (Å²) in [5, 5.41) is 2.36. The smallest absolute Gasteiger partial charge is 0.407 e. The van der Waals surface area contributed by atoms with Gasteiger partial charge in [-0.2, -0.15) is 0 Å². The van der Waals surface area contributed by atoms with Gasteiger partial charge in [0.1, 0.15) is 12.4 Å². The Kier molecular flexibility index (Phi) is 6.05. The molecule has 0 aromatic heterocycles. The fourth-order valence-electron chi connectivity index (χ4n) is 0.789. The van der Waals surface area contributed by atoms with Gasteiger partial charge >= 0.3 is 6.09 Å². The molecule has 0 bridgehead atoms. The lowest BCUT2D eigenvalue weighted by molar-refractivity contribution is -0.108. The molecule has 0 aromatic rings. The van der Waals surface area contributed by atoms with Crippen molar-refractivity contribution in [1.29, 1.82) is 0 Å². The average molecular weight is 173 g/mol. The molecule has 1 atom stereocenters. The van der Waals surface area contributed by atoms with Crippen molar-refractivity contribution in [2.75, 3.05) is 7.05 Å². The predicted octanol–water partition coefficient (Wildman–Crippen LogP) is 1.10. The van der Waals surface area contributed by atoms with Gasteiger partial charge in [-0.1, -0.05) is 0 Å². The lowest BCUT2D eigenvalue weighted by Crippen LogP contribution is -2.24. The Morgan fingerprint density at radius 2 is 2.33 bits per heavy atom. The molecule has 0 aliphatic heterocycles. The Labute approximate surface area is 72.3 Å². The van der Waals surface area contributed by atoms with Crippen molar-refractivity contribution in [2.24, 2.45) is 0 Å². The quantitative estimate of drug-likeness (QED) is 0.500. The van der Waals surface area contributed by atoms with Crippen molar-refractivity contribution in [1.82, 2.24) is 5.32 Å². The van der Waals surface area contributed by atoms with Gasteiger partial charge < -0.3 is 14.8 Å². The Morgan fingerprint density at radius 1 is 1.67 bits per heavy atom. The van der Waals surface area contributed by atoms with Gasteiger partial charge in [-0.05, 0) is 19.8 Å². The fourth-order valence-corrected chi connectivity index (χ4v) is 0.789. The third-order valence-electron chi connectivity index (χ3n) is 1.44. The molecule has 4 nitrogen and oxygen atoms in total. The standard InChI is InChI=1S/C8H15NO3/c1-7(5-3-4-6-10)12-8(11)9-2/h6-7H,3-5H2,1-2H3,(H,9,11). The van der Waals surface area contributed by atoms with Crippen molar-refractivity contribution in [3.05, 3.63) is 0 Å². The number of ether oxygens (including phenoxy) is 1. The van der Waals surface area contributed by atoms with E-state index in [0.29, 0.717) is 6.42 Å². The first-order chi connectivity index (χ1) is 5.70. The highest BCUT2D eigenvalue weighted by Crippen LogP contribution is 2.02. The van der Waals surface area contributed by atoms with Gasteiger partial charge in [0.25, 0.3) is 0 Å². The minimum atomic E-state index is -0.423. The summed E-state index contributed by atoms with van der Waals surface area (Å²) < 4.78 is 4.88.